The van der Waals surface area contributed by atoms with E-state index in [0.717, 1.165) is 17.9 Å². The van der Waals surface area contributed by atoms with E-state index in [-0.39, 0.29) is 12.3 Å². The molecule has 1 N–H and O–H groups in total. The second kappa shape index (κ2) is 7.34. The normalized spacial score (nSPS) is 10.7. The summed E-state index contributed by atoms with van der Waals surface area (Å²) >= 11 is 1.83. The van der Waals surface area contributed by atoms with Gasteiger partial charge in [-0.1, -0.05) is 6.92 Å². The van der Waals surface area contributed by atoms with Gasteiger partial charge < -0.3 is 4.74 Å². The number of aromatic nitrogens is 2. The third-order valence-corrected chi connectivity index (χ3v) is 3.29. The van der Waals surface area contributed by atoms with Crippen molar-refractivity contribution in [2.24, 2.45) is 0 Å². The van der Waals surface area contributed by atoms with Crippen molar-refractivity contribution in [3.8, 4) is 0 Å². The quantitative estimate of drug-likeness (QED) is 0.740. The molecule has 0 amide bonds. The van der Waals surface area contributed by atoms with Gasteiger partial charge in [0, 0.05) is 17.5 Å². The van der Waals surface area contributed by atoms with Gasteiger partial charge in [0.2, 0.25) is 0 Å². The SMILES string of the molecule is CCCSCCOCn1cc(C)c(=O)[nH]c1=O. The highest BCUT2D eigenvalue weighted by molar-refractivity contribution is 7.99. The Kier molecular flexibility index (Phi) is 6.07. The molecule has 6 heteroatoms. The van der Waals surface area contributed by atoms with Crippen LogP contribution in [0.15, 0.2) is 15.8 Å². The van der Waals surface area contributed by atoms with Crippen molar-refractivity contribution < 1.29 is 4.74 Å². The third kappa shape index (κ3) is 4.79. The first kappa shape index (κ1) is 14.1. The van der Waals surface area contributed by atoms with Crippen molar-refractivity contribution >= 4 is 11.8 Å². The Morgan fingerprint density at radius 3 is 2.88 bits per heavy atom. The summed E-state index contributed by atoms with van der Waals surface area (Å²) in [5.41, 5.74) is -0.264. The van der Waals surface area contributed by atoms with Gasteiger partial charge in [-0.15, -0.1) is 0 Å². The van der Waals surface area contributed by atoms with Crippen LogP contribution in [0.3, 0.4) is 0 Å². The van der Waals surface area contributed by atoms with Gasteiger partial charge in [-0.25, -0.2) is 4.79 Å². The molecule has 1 aromatic heterocycles. The Balaban J connectivity index is 2.39. The first-order chi connectivity index (χ1) is 8.15. The average Bonchev–Trinajstić information content (AvgIpc) is 2.30. The van der Waals surface area contributed by atoms with Crippen LogP contribution in [0, 0.1) is 6.92 Å². The van der Waals surface area contributed by atoms with Crippen LogP contribution >= 0.6 is 11.8 Å². The molecule has 17 heavy (non-hydrogen) atoms. The zero-order valence-electron chi connectivity index (χ0n) is 10.2. The maximum absolute atomic E-state index is 11.4. The molecule has 1 rings (SSSR count). The summed E-state index contributed by atoms with van der Waals surface area (Å²) in [5, 5.41) is 0. The number of hydrogen-bond acceptors (Lipinski definition) is 4. The van der Waals surface area contributed by atoms with Crippen molar-refractivity contribution in [3.63, 3.8) is 0 Å². The summed E-state index contributed by atoms with van der Waals surface area (Å²) in [5.74, 6) is 2.05. The van der Waals surface area contributed by atoms with Gasteiger partial charge in [-0.3, -0.25) is 14.3 Å². The maximum atomic E-state index is 11.4. The molecule has 0 aliphatic heterocycles. The lowest BCUT2D eigenvalue weighted by molar-refractivity contribution is 0.0862. The monoisotopic (exact) mass is 258 g/mol. The third-order valence-electron chi connectivity index (χ3n) is 2.14. The minimum absolute atomic E-state index is 0.184. The van der Waals surface area contributed by atoms with Crippen molar-refractivity contribution in [3.05, 3.63) is 32.6 Å². The van der Waals surface area contributed by atoms with Crippen LogP contribution in [0.1, 0.15) is 18.9 Å². The Labute approximate surface area is 104 Å². The Morgan fingerprint density at radius 2 is 2.18 bits per heavy atom. The van der Waals surface area contributed by atoms with E-state index in [1.807, 2.05) is 11.8 Å². The van der Waals surface area contributed by atoms with E-state index in [1.165, 1.54) is 10.8 Å². The van der Waals surface area contributed by atoms with Crippen molar-refractivity contribution in [2.45, 2.75) is 27.0 Å². The van der Waals surface area contributed by atoms with Crippen LogP contribution in [-0.4, -0.2) is 27.7 Å². The molecule has 5 nitrogen and oxygen atoms in total. The highest BCUT2D eigenvalue weighted by Gasteiger charge is 2.00. The van der Waals surface area contributed by atoms with Gasteiger partial charge in [-0.05, 0) is 19.1 Å². The summed E-state index contributed by atoms with van der Waals surface area (Å²) < 4.78 is 6.72. The second-order valence-corrected chi connectivity index (χ2v) is 4.92. The predicted octanol–water partition coefficient (Wildman–Crippen LogP) is 0.962. The van der Waals surface area contributed by atoms with E-state index in [1.54, 1.807) is 6.92 Å². The fourth-order valence-electron chi connectivity index (χ4n) is 1.24. The Bertz CT molecular complexity index is 453. The molecule has 0 fully saturated rings. The van der Waals surface area contributed by atoms with E-state index >= 15 is 0 Å². The number of hydrogen-bond donors (Lipinski definition) is 1. The van der Waals surface area contributed by atoms with Gasteiger partial charge in [0.05, 0.1) is 6.61 Å². The maximum Gasteiger partial charge on any atom is 0.330 e. The largest absolute Gasteiger partial charge is 0.360 e. The molecule has 1 aromatic rings. The van der Waals surface area contributed by atoms with Crippen LogP contribution in [0.25, 0.3) is 0 Å². The highest BCUT2D eigenvalue weighted by Crippen LogP contribution is 2.01. The molecule has 0 aliphatic carbocycles. The zero-order chi connectivity index (χ0) is 12.7. The number of aromatic amines is 1. The van der Waals surface area contributed by atoms with Crippen molar-refractivity contribution in [2.75, 3.05) is 18.1 Å². The first-order valence-electron chi connectivity index (χ1n) is 5.61. The summed E-state index contributed by atoms with van der Waals surface area (Å²) in [6.07, 6.45) is 2.67. The molecule has 0 spiro atoms. The van der Waals surface area contributed by atoms with E-state index in [9.17, 15) is 9.59 Å². The van der Waals surface area contributed by atoms with E-state index in [0.29, 0.717) is 12.2 Å². The number of ether oxygens (including phenoxy) is 1. The van der Waals surface area contributed by atoms with Gasteiger partial charge in [0.25, 0.3) is 5.56 Å². The minimum Gasteiger partial charge on any atom is -0.360 e. The van der Waals surface area contributed by atoms with Gasteiger partial charge in [0.1, 0.15) is 6.73 Å². The number of thioether (sulfide) groups is 1. The molecule has 0 saturated heterocycles. The van der Waals surface area contributed by atoms with Gasteiger partial charge in [0.15, 0.2) is 0 Å². The fraction of sp³-hybridized carbons (Fsp3) is 0.636. The lowest BCUT2D eigenvalue weighted by Gasteiger charge is -2.07. The number of aryl methyl sites for hydroxylation is 1. The molecule has 1 heterocycles. The summed E-state index contributed by atoms with van der Waals surface area (Å²) in [7, 11) is 0. The molecule has 0 aromatic carbocycles. The smallest absolute Gasteiger partial charge is 0.330 e. The van der Waals surface area contributed by atoms with Crippen LogP contribution in [-0.2, 0) is 11.5 Å². The van der Waals surface area contributed by atoms with Gasteiger partial charge >= 0.3 is 5.69 Å². The van der Waals surface area contributed by atoms with E-state index in [4.69, 9.17) is 4.74 Å². The zero-order valence-corrected chi connectivity index (χ0v) is 11.0. The molecule has 0 radical (unpaired) electrons. The van der Waals surface area contributed by atoms with Crippen LogP contribution in [0.5, 0.6) is 0 Å². The topological polar surface area (TPSA) is 64.1 Å². The minimum atomic E-state index is -0.429. The predicted molar refractivity (Wildman–Crippen MR) is 69.6 cm³/mol. The number of nitrogens with one attached hydrogen (secondary N) is 1. The fourth-order valence-corrected chi connectivity index (χ4v) is 1.97. The van der Waals surface area contributed by atoms with Crippen molar-refractivity contribution in [1.29, 1.82) is 0 Å². The molecule has 0 aliphatic rings. The molecular formula is C11H18N2O3S. The van der Waals surface area contributed by atoms with Crippen LogP contribution < -0.4 is 11.2 Å². The Morgan fingerprint density at radius 1 is 1.41 bits per heavy atom. The van der Waals surface area contributed by atoms with Crippen molar-refractivity contribution in [1.82, 2.24) is 9.55 Å². The van der Waals surface area contributed by atoms with Gasteiger partial charge in [-0.2, -0.15) is 11.8 Å². The average molecular weight is 258 g/mol. The molecule has 0 unspecified atom stereocenters. The standard InChI is InChI=1S/C11H18N2O3S/c1-3-5-17-6-4-16-8-13-7-9(2)10(14)12-11(13)15/h7H,3-6,8H2,1-2H3,(H,12,14,15). The molecule has 0 bridgehead atoms. The summed E-state index contributed by atoms with van der Waals surface area (Å²) in [6, 6.07) is 0. The second-order valence-electron chi connectivity index (χ2n) is 3.69. The lowest BCUT2D eigenvalue weighted by atomic mass is 10.4. The summed E-state index contributed by atoms with van der Waals surface area (Å²) in [4.78, 5) is 24.7. The number of nitrogens with zero attached hydrogens (tertiary/aromatic N) is 1. The lowest BCUT2D eigenvalue weighted by Crippen LogP contribution is -2.31. The van der Waals surface area contributed by atoms with E-state index in [2.05, 4.69) is 11.9 Å². The first-order valence-corrected chi connectivity index (χ1v) is 6.76. The van der Waals surface area contributed by atoms with E-state index < -0.39 is 5.69 Å². The van der Waals surface area contributed by atoms with Crippen LogP contribution in [0.4, 0.5) is 0 Å². The summed E-state index contributed by atoms with van der Waals surface area (Å²) in [6.45, 7) is 4.58. The molecule has 0 saturated carbocycles. The molecule has 0 atom stereocenters. The Hall–Kier alpha value is -1.01. The van der Waals surface area contributed by atoms with Crippen LogP contribution in [0.2, 0.25) is 0 Å². The number of H-pyrrole nitrogens is 1. The molecular weight excluding hydrogens is 240 g/mol. The highest BCUT2D eigenvalue weighted by atomic mass is 32.2. The molecule has 96 valence electrons. The number of rotatable bonds is 7.